The summed E-state index contributed by atoms with van der Waals surface area (Å²) >= 11 is 9.16. The second kappa shape index (κ2) is 4.46. The second-order valence-corrected chi connectivity index (χ2v) is 4.43. The molecule has 17 heavy (non-hydrogen) atoms. The molecular formula is C11H6BrClF3N. The van der Waals surface area contributed by atoms with Crippen LogP contribution >= 0.6 is 27.5 Å². The third kappa shape index (κ3) is 2.55. The van der Waals surface area contributed by atoms with Crippen LogP contribution in [0.5, 0.6) is 0 Å². The van der Waals surface area contributed by atoms with Gasteiger partial charge in [-0.15, -0.1) is 0 Å². The average molecular weight is 325 g/mol. The number of halogens is 5. The van der Waals surface area contributed by atoms with E-state index in [0.717, 1.165) is 12.1 Å². The first-order valence-corrected chi connectivity index (χ1v) is 6.14. The van der Waals surface area contributed by atoms with Crippen molar-refractivity contribution < 1.29 is 13.2 Å². The van der Waals surface area contributed by atoms with E-state index >= 15 is 0 Å². The van der Waals surface area contributed by atoms with Crippen molar-refractivity contribution in [3.63, 3.8) is 0 Å². The fourth-order valence-electron chi connectivity index (χ4n) is 1.48. The molecule has 1 heterocycles. The van der Waals surface area contributed by atoms with E-state index in [1.807, 2.05) is 0 Å². The fraction of sp³-hybridized carbons (Fsp3) is 0.182. The summed E-state index contributed by atoms with van der Waals surface area (Å²) < 4.78 is 37.6. The van der Waals surface area contributed by atoms with Gasteiger partial charge >= 0.3 is 6.18 Å². The third-order valence-electron chi connectivity index (χ3n) is 2.28. The number of aromatic nitrogens is 1. The largest absolute Gasteiger partial charge is 0.416 e. The van der Waals surface area contributed by atoms with Crippen molar-refractivity contribution in [1.29, 1.82) is 0 Å². The summed E-state index contributed by atoms with van der Waals surface area (Å²) in [4.78, 5) is 4.10. The minimum absolute atomic E-state index is 0.252. The molecule has 0 N–H and O–H groups in total. The molecule has 1 aromatic heterocycles. The number of nitrogens with zero attached hydrogens (tertiary/aromatic N) is 1. The molecule has 0 amide bonds. The van der Waals surface area contributed by atoms with Gasteiger partial charge in [0.05, 0.1) is 21.8 Å². The van der Waals surface area contributed by atoms with Gasteiger partial charge in [0.15, 0.2) is 0 Å². The van der Waals surface area contributed by atoms with Crippen molar-refractivity contribution in [2.45, 2.75) is 11.5 Å². The van der Waals surface area contributed by atoms with Gasteiger partial charge < -0.3 is 0 Å². The average Bonchev–Trinajstić information content (AvgIpc) is 2.27. The van der Waals surface area contributed by atoms with E-state index in [9.17, 15) is 13.2 Å². The molecule has 0 fully saturated rings. The lowest BCUT2D eigenvalue weighted by molar-refractivity contribution is -0.137. The van der Waals surface area contributed by atoms with Crippen LogP contribution in [0.2, 0.25) is 5.02 Å². The number of hydrogen-bond donors (Lipinski definition) is 0. The summed E-state index contributed by atoms with van der Waals surface area (Å²) in [5.41, 5.74) is 0.129. The smallest absolute Gasteiger partial charge is 0.252 e. The minimum Gasteiger partial charge on any atom is -0.252 e. The molecule has 0 radical (unpaired) electrons. The van der Waals surface area contributed by atoms with Gasteiger partial charge in [-0.25, -0.2) is 0 Å². The van der Waals surface area contributed by atoms with Crippen LogP contribution in [0, 0.1) is 0 Å². The fourth-order valence-corrected chi connectivity index (χ4v) is 2.05. The molecule has 0 aliphatic heterocycles. The molecule has 1 aromatic carbocycles. The van der Waals surface area contributed by atoms with E-state index in [2.05, 4.69) is 20.9 Å². The van der Waals surface area contributed by atoms with Crippen molar-refractivity contribution in [2.24, 2.45) is 0 Å². The van der Waals surface area contributed by atoms with Gasteiger partial charge in [-0.2, -0.15) is 13.2 Å². The Labute approximate surface area is 109 Å². The molecule has 0 bridgehead atoms. The maximum atomic E-state index is 12.5. The molecule has 2 rings (SSSR count). The van der Waals surface area contributed by atoms with Crippen LogP contribution in [0.25, 0.3) is 10.9 Å². The molecule has 6 heteroatoms. The number of alkyl halides is 4. The molecule has 2 aromatic rings. The third-order valence-corrected chi connectivity index (χ3v) is 3.16. The zero-order valence-corrected chi connectivity index (χ0v) is 10.7. The number of pyridine rings is 1. The van der Waals surface area contributed by atoms with Crippen molar-refractivity contribution in [3.05, 3.63) is 40.5 Å². The predicted molar refractivity (Wildman–Crippen MR) is 64.4 cm³/mol. The normalized spacial score (nSPS) is 12.1. The Morgan fingerprint density at radius 1 is 1.24 bits per heavy atom. The van der Waals surface area contributed by atoms with Crippen LogP contribution in [0.1, 0.15) is 11.3 Å². The second-order valence-electron chi connectivity index (χ2n) is 3.46. The predicted octanol–water partition coefficient (Wildman–Crippen LogP) is 4.80. The van der Waals surface area contributed by atoms with Crippen molar-refractivity contribution in [3.8, 4) is 0 Å². The first-order chi connectivity index (χ1) is 7.91. The Kier molecular flexibility index (Phi) is 3.32. The first kappa shape index (κ1) is 12.6. The summed E-state index contributed by atoms with van der Waals surface area (Å²) in [6.45, 7) is 0. The van der Waals surface area contributed by atoms with E-state index < -0.39 is 11.7 Å². The summed E-state index contributed by atoms with van der Waals surface area (Å²) in [7, 11) is 0. The molecular weight excluding hydrogens is 318 g/mol. The molecule has 0 aliphatic carbocycles. The van der Waals surface area contributed by atoms with Crippen LogP contribution < -0.4 is 0 Å². The van der Waals surface area contributed by atoms with Gasteiger partial charge in [0.2, 0.25) is 0 Å². The lowest BCUT2D eigenvalue weighted by Gasteiger charge is -2.08. The number of hydrogen-bond acceptors (Lipinski definition) is 1. The van der Waals surface area contributed by atoms with Crippen LogP contribution in [-0.2, 0) is 11.5 Å². The van der Waals surface area contributed by atoms with Crippen molar-refractivity contribution >= 4 is 38.4 Å². The topological polar surface area (TPSA) is 12.9 Å². The molecule has 0 saturated carbocycles. The zero-order valence-electron chi connectivity index (χ0n) is 8.35. The maximum absolute atomic E-state index is 12.5. The minimum atomic E-state index is -4.37. The first-order valence-electron chi connectivity index (χ1n) is 4.64. The molecule has 1 nitrogen and oxygen atoms in total. The van der Waals surface area contributed by atoms with Crippen LogP contribution in [0.3, 0.4) is 0 Å². The Balaban J connectivity index is 2.68. The van der Waals surface area contributed by atoms with Gasteiger partial charge in [-0.05, 0) is 18.2 Å². The van der Waals surface area contributed by atoms with Crippen molar-refractivity contribution in [2.75, 3.05) is 0 Å². The molecule has 0 saturated heterocycles. The van der Waals surface area contributed by atoms with Crippen LogP contribution in [-0.4, -0.2) is 4.98 Å². The summed E-state index contributed by atoms with van der Waals surface area (Å²) in [6.07, 6.45) is -4.37. The van der Waals surface area contributed by atoms with Crippen LogP contribution in [0.4, 0.5) is 13.2 Å². The van der Waals surface area contributed by atoms with Gasteiger partial charge in [0, 0.05) is 10.7 Å². The van der Waals surface area contributed by atoms with Gasteiger partial charge in [-0.3, -0.25) is 4.98 Å². The Bertz CT molecular complexity index is 568. The summed E-state index contributed by atoms with van der Waals surface area (Å²) in [5.74, 6) is 0. The number of benzene rings is 1. The molecule has 0 unspecified atom stereocenters. The van der Waals surface area contributed by atoms with Gasteiger partial charge in [0.25, 0.3) is 0 Å². The number of rotatable bonds is 1. The monoisotopic (exact) mass is 323 g/mol. The Hall–Kier alpha value is -0.810. The highest BCUT2D eigenvalue weighted by Gasteiger charge is 2.30. The van der Waals surface area contributed by atoms with Crippen molar-refractivity contribution in [1.82, 2.24) is 4.98 Å². The Morgan fingerprint density at radius 3 is 2.53 bits per heavy atom. The number of fused-ring (bicyclic) bond motifs is 1. The lowest BCUT2D eigenvalue weighted by Crippen LogP contribution is -2.04. The zero-order chi connectivity index (χ0) is 12.6. The maximum Gasteiger partial charge on any atom is 0.416 e. The SMILES string of the molecule is FC(F)(F)c1ccc2c(Cl)cc(CBr)nc2c1. The van der Waals surface area contributed by atoms with Crippen LogP contribution in [0.15, 0.2) is 24.3 Å². The lowest BCUT2D eigenvalue weighted by atomic mass is 10.1. The summed E-state index contributed by atoms with van der Waals surface area (Å²) in [6, 6.07) is 4.98. The summed E-state index contributed by atoms with van der Waals surface area (Å²) in [5, 5.41) is 1.36. The van der Waals surface area contributed by atoms with E-state index in [1.54, 1.807) is 6.07 Å². The highest BCUT2D eigenvalue weighted by Crippen LogP contribution is 2.33. The van der Waals surface area contributed by atoms with E-state index in [1.165, 1.54) is 6.07 Å². The highest BCUT2D eigenvalue weighted by molar-refractivity contribution is 9.08. The quantitative estimate of drug-likeness (QED) is 0.687. The standard InChI is InChI=1S/C11H6BrClF3N/c12-5-7-4-9(13)8-2-1-6(11(14,15)16)3-10(8)17-7/h1-4H,5H2. The van der Waals surface area contributed by atoms with Gasteiger partial charge in [0.1, 0.15) is 0 Å². The van der Waals surface area contributed by atoms with E-state index in [-0.39, 0.29) is 5.52 Å². The highest BCUT2D eigenvalue weighted by atomic mass is 79.9. The molecule has 0 aliphatic rings. The van der Waals surface area contributed by atoms with E-state index in [0.29, 0.717) is 21.4 Å². The molecule has 0 spiro atoms. The van der Waals surface area contributed by atoms with E-state index in [4.69, 9.17) is 11.6 Å². The van der Waals surface area contributed by atoms with Gasteiger partial charge in [-0.1, -0.05) is 33.6 Å². The molecule has 0 atom stereocenters. The Morgan fingerprint density at radius 2 is 1.94 bits per heavy atom. The molecule has 90 valence electrons.